The molecule has 0 radical (unpaired) electrons. The largest absolute Gasteiger partial charge is 0.212 e. The van der Waals surface area contributed by atoms with Gasteiger partial charge in [0.15, 0.2) is 5.65 Å². The van der Waals surface area contributed by atoms with Crippen LogP contribution in [0.25, 0.3) is 16.9 Å². The molecule has 0 spiro atoms. The van der Waals surface area contributed by atoms with E-state index in [2.05, 4.69) is 10.1 Å². The van der Waals surface area contributed by atoms with Crippen molar-refractivity contribution in [2.24, 2.45) is 0 Å². The third kappa shape index (κ3) is 1.76. The van der Waals surface area contributed by atoms with E-state index in [1.807, 2.05) is 22.6 Å². The van der Waals surface area contributed by atoms with Gasteiger partial charge in [-0.1, -0.05) is 12.1 Å². The first-order valence-electron chi connectivity index (χ1n) is 5.12. The van der Waals surface area contributed by atoms with E-state index in [1.54, 1.807) is 18.2 Å². The molecule has 18 heavy (non-hydrogen) atoms. The van der Waals surface area contributed by atoms with Crippen LogP contribution < -0.4 is 0 Å². The molecule has 0 aliphatic heterocycles. The minimum atomic E-state index is -0.618. The molecular weight excluding hydrogens is 351 g/mol. The van der Waals surface area contributed by atoms with Gasteiger partial charge in [-0.2, -0.15) is 0 Å². The van der Waals surface area contributed by atoms with Gasteiger partial charge in [0.1, 0.15) is 11.6 Å². The third-order valence-electron chi connectivity index (χ3n) is 2.55. The van der Waals surface area contributed by atoms with E-state index < -0.39 is 11.6 Å². The van der Waals surface area contributed by atoms with Crippen LogP contribution in [-0.4, -0.2) is 14.6 Å². The molecule has 0 fully saturated rings. The fourth-order valence-corrected chi connectivity index (χ4v) is 2.27. The summed E-state index contributed by atoms with van der Waals surface area (Å²) >= 11 is 1.96. The maximum atomic E-state index is 13.8. The number of rotatable bonds is 1. The maximum Gasteiger partial charge on any atom is 0.212 e. The summed E-state index contributed by atoms with van der Waals surface area (Å²) in [6, 6.07) is 8.82. The Morgan fingerprint density at radius 3 is 2.39 bits per heavy atom. The Morgan fingerprint density at radius 1 is 1.00 bits per heavy atom. The fourth-order valence-electron chi connectivity index (χ4n) is 1.81. The summed E-state index contributed by atoms with van der Waals surface area (Å²) in [4.78, 5) is 4.15. The number of halogens is 3. The first-order chi connectivity index (χ1) is 8.66. The normalized spacial score (nSPS) is 11.1. The van der Waals surface area contributed by atoms with Gasteiger partial charge in [0.25, 0.3) is 0 Å². The molecule has 0 aliphatic rings. The molecule has 1 aromatic carbocycles. The van der Waals surface area contributed by atoms with E-state index in [1.165, 1.54) is 22.7 Å². The SMILES string of the molecule is Fc1cccc(F)c1-c1cccc2nc(I)nn12. The molecule has 2 heterocycles. The van der Waals surface area contributed by atoms with Gasteiger partial charge >= 0.3 is 0 Å². The number of pyridine rings is 1. The predicted molar refractivity (Wildman–Crippen MR) is 71.1 cm³/mol. The lowest BCUT2D eigenvalue weighted by atomic mass is 10.1. The first-order valence-corrected chi connectivity index (χ1v) is 6.20. The summed E-state index contributed by atoms with van der Waals surface area (Å²) in [5.41, 5.74) is 0.808. The van der Waals surface area contributed by atoms with Gasteiger partial charge in [0.05, 0.1) is 11.3 Å². The Kier molecular flexibility index (Phi) is 2.73. The lowest BCUT2D eigenvalue weighted by Crippen LogP contribution is -1.98. The Labute approximate surface area is 115 Å². The van der Waals surface area contributed by atoms with Crippen molar-refractivity contribution in [3.63, 3.8) is 0 Å². The second-order valence-electron chi connectivity index (χ2n) is 3.66. The highest BCUT2D eigenvalue weighted by atomic mass is 127. The zero-order chi connectivity index (χ0) is 12.7. The molecule has 0 saturated carbocycles. The van der Waals surface area contributed by atoms with Crippen LogP contribution in [0.4, 0.5) is 8.78 Å². The first kappa shape index (κ1) is 11.5. The lowest BCUT2D eigenvalue weighted by Gasteiger charge is -2.06. The summed E-state index contributed by atoms with van der Waals surface area (Å²) in [6.07, 6.45) is 0. The highest BCUT2D eigenvalue weighted by molar-refractivity contribution is 14.1. The predicted octanol–water partition coefficient (Wildman–Crippen LogP) is 3.28. The molecule has 0 unspecified atom stereocenters. The van der Waals surface area contributed by atoms with Gasteiger partial charge in [-0.15, -0.1) is 5.10 Å². The van der Waals surface area contributed by atoms with Crippen LogP contribution in [0.1, 0.15) is 0 Å². The average Bonchev–Trinajstić information content (AvgIpc) is 2.70. The van der Waals surface area contributed by atoms with Crippen LogP contribution in [-0.2, 0) is 0 Å². The summed E-state index contributed by atoms with van der Waals surface area (Å²) in [6.45, 7) is 0. The average molecular weight is 357 g/mol. The van der Waals surface area contributed by atoms with Crippen molar-refractivity contribution in [1.82, 2.24) is 14.6 Å². The minimum Gasteiger partial charge on any atom is -0.212 e. The van der Waals surface area contributed by atoms with Crippen LogP contribution in [0.3, 0.4) is 0 Å². The standard InChI is InChI=1S/C12H6F2IN3/c13-7-3-1-4-8(14)11(7)9-5-2-6-10-16-12(15)17-18(9)10/h1-6H. The monoisotopic (exact) mass is 357 g/mol. The highest BCUT2D eigenvalue weighted by Crippen LogP contribution is 2.26. The van der Waals surface area contributed by atoms with Crippen molar-refractivity contribution in [2.45, 2.75) is 0 Å². The molecule has 2 aromatic heterocycles. The van der Waals surface area contributed by atoms with Crippen molar-refractivity contribution < 1.29 is 8.78 Å². The quantitative estimate of drug-likeness (QED) is 0.626. The number of fused-ring (bicyclic) bond motifs is 1. The zero-order valence-corrected chi connectivity index (χ0v) is 11.1. The van der Waals surface area contributed by atoms with E-state index in [0.29, 0.717) is 15.2 Å². The van der Waals surface area contributed by atoms with Crippen LogP contribution in [0.2, 0.25) is 0 Å². The van der Waals surface area contributed by atoms with Crippen molar-refractivity contribution in [3.8, 4) is 11.3 Å². The van der Waals surface area contributed by atoms with E-state index >= 15 is 0 Å². The Morgan fingerprint density at radius 2 is 1.67 bits per heavy atom. The molecular formula is C12H6F2IN3. The van der Waals surface area contributed by atoms with Crippen molar-refractivity contribution in [2.75, 3.05) is 0 Å². The molecule has 3 aromatic rings. The van der Waals surface area contributed by atoms with Crippen LogP contribution in [0.15, 0.2) is 36.4 Å². The Bertz CT molecular complexity index is 719. The van der Waals surface area contributed by atoms with Crippen molar-refractivity contribution >= 4 is 28.2 Å². The Hall–Kier alpha value is -1.57. The summed E-state index contributed by atoms with van der Waals surface area (Å²) < 4.78 is 29.5. The summed E-state index contributed by atoms with van der Waals surface area (Å²) in [5, 5.41) is 4.13. The van der Waals surface area contributed by atoms with E-state index in [9.17, 15) is 8.78 Å². The van der Waals surface area contributed by atoms with Crippen molar-refractivity contribution in [1.29, 1.82) is 0 Å². The number of hydrogen-bond acceptors (Lipinski definition) is 2. The van der Waals surface area contributed by atoms with Gasteiger partial charge in [-0.05, 0) is 24.3 Å². The second kappa shape index (κ2) is 4.27. The molecule has 90 valence electrons. The summed E-state index contributed by atoms with van der Waals surface area (Å²) in [7, 11) is 0. The molecule has 0 N–H and O–H groups in total. The Balaban J connectivity index is 2.38. The number of hydrogen-bond donors (Lipinski definition) is 0. The molecule has 0 saturated heterocycles. The molecule has 3 rings (SSSR count). The molecule has 0 aliphatic carbocycles. The fraction of sp³-hybridized carbons (Fsp3) is 0. The van der Waals surface area contributed by atoms with Gasteiger partial charge in [-0.3, -0.25) is 0 Å². The second-order valence-corrected chi connectivity index (χ2v) is 4.62. The topological polar surface area (TPSA) is 30.2 Å². The smallest absolute Gasteiger partial charge is 0.212 e. The molecule has 0 atom stereocenters. The number of benzene rings is 1. The van der Waals surface area contributed by atoms with E-state index in [-0.39, 0.29) is 5.56 Å². The lowest BCUT2D eigenvalue weighted by molar-refractivity contribution is 0.587. The van der Waals surface area contributed by atoms with Crippen LogP contribution in [0, 0.1) is 15.5 Å². The van der Waals surface area contributed by atoms with Gasteiger partial charge < -0.3 is 0 Å². The molecule has 6 heteroatoms. The van der Waals surface area contributed by atoms with Gasteiger partial charge in [0, 0.05) is 22.6 Å². The minimum absolute atomic E-state index is 0.0931. The third-order valence-corrected chi connectivity index (χ3v) is 3.01. The van der Waals surface area contributed by atoms with Crippen LogP contribution in [0.5, 0.6) is 0 Å². The van der Waals surface area contributed by atoms with Crippen LogP contribution >= 0.6 is 22.6 Å². The van der Waals surface area contributed by atoms with E-state index in [4.69, 9.17) is 0 Å². The number of nitrogens with zero attached hydrogens (tertiary/aromatic N) is 3. The zero-order valence-electron chi connectivity index (χ0n) is 8.94. The molecule has 0 amide bonds. The van der Waals surface area contributed by atoms with Gasteiger partial charge in [0.2, 0.25) is 3.83 Å². The molecule has 3 nitrogen and oxygen atoms in total. The molecule has 0 bridgehead atoms. The maximum absolute atomic E-state index is 13.8. The van der Waals surface area contributed by atoms with Gasteiger partial charge in [-0.25, -0.2) is 18.3 Å². The summed E-state index contributed by atoms with van der Waals surface area (Å²) in [5.74, 6) is -1.24. The number of aromatic nitrogens is 3. The van der Waals surface area contributed by atoms with E-state index in [0.717, 1.165) is 0 Å². The van der Waals surface area contributed by atoms with Crippen molar-refractivity contribution in [3.05, 3.63) is 51.9 Å². The highest BCUT2D eigenvalue weighted by Gasteiger charge is 2.15.